The van der Waals surface area contributed by atoms with Gasteiger partial charge in [-0.15, -0.1) is 0 Å². The summed E-state index contributed by atoms with van der Waals surface area (Å²) in [7, 11) is 0. The molecule has 5 nitrogen and oxygen atoms in total. The van der Waals surface area contributed by atoms with E-state index in [1.54, 1.807) is 12.1 Å². The molecule has 0 heterocycles. The number of anilines is 1. The first-order chi connectivity index (χ1) is 9.97. The molecule has 0 unspecified atom stereocenters. The third kappa shape index (κ3) is 3.60. The molecule has 21 heavy (non-hydrogen) atoms. The van der Waals surface area contributed by atoms with E-state index in [2.05, 4.69) is 5.32 Å². The molecule has 5 heteroatoms. The molecule has 0 spiro atoms. The second-order valence-electron chi connectivity index (χ2n) is 4.81. The predicted molar refractivity (Wildman–Crippen MR) is 82.0 cm³/mol. The van der Waals surface area contributed by atoms with Gasteiger partial charge >= 0.3 is 0 Å². The molecule has 2 rings (SSSR count). The molecule has 0 aliphatic heterocycles. The summed E-state index contributed by atoms with van der Waals surface area (Å²) in [5.74, 6) is -1.20. The van der Waals surface area contributed by atoms with Crippen LogP contribution >= 0.6 is 0 Å². The van der Waals surface area contributed by atoms with Gasteiger partial charge in [0.05, 0.1) is 0 Å². The van der Waals surface area contributed by atoms with E-state index in [-0.39, 0.29) is 11.1 Å². The van der Waals surface area contributed by atoms with E-state index in [1.165, 1.54) is 6.07 Å². The molecule has 0 atom stereocenters. The van der Waals surface area contributed by atoms with Gasteiger partial charge in [0.1, 0.15) is 0 Å². The summed E-state index contributed by atoms with van der Waals surface area (Å²) < 4.78 is 0. The van der Waals surface area contributed by atoms with Gasteiger partial charge in [0.25, 0.3) is 0 Å². The third-order valence-electron chi connectivity index (χ3n) is 3.25. The number of benzene rings is 2. The molecule has 0 aliphatic carbocycles. The summed E-state index contributed by atoms with van der Waals surface area (Å²) in [4.78, 5) is 22.6. The number of amides is 2. The van der Waals surface area contributed by atoms with Gasteiger partial charge in [0.2, 0.25) is 11.8 Å². The Morgan fingerprint density at radius 2 is 1.57 bits per heavy atom. The van der Waals surface area contributed by atoms with Gasteiger partial charge in [-0.2, -0.15) is 0 Å². The van der Waals surface area contributed by atoms with Crippen LogP contribution in [0.25, 0.3) is 0 Å². The fourth-order valence-corrected chi connectivity index (χ4v) is 2.02. The van der Waals surface area contributed by atoms with Crippen LogP contribution in [0.3, 0.4) is 0 Å². The molecule has 2 aromatic rings. The quantitative estimate of drug-likeness (QED) is 0.780. The monoisotopic (exact) mass is 283 g/mol. The minimum absolute atomic E-state index is 0.249. The van der Waals surface area contributed by atoms with Crippen molar-refractivity contribution in [3.8, 4) is 0 Å². The molecule has 0 saturated carbocycles. The van der Waals surface area contributed by atoms with Crippen LogP contribution in [0, 0.1) is 6.92 Å². The fraction of sp³-hybridized carbons (Fsp3) is 0.125. The second-order valence-corrected chi connectivity index (χ2v) is 4.81. The minimum Gasteiger partial charge on any atom is -0.381 e. The highest BCUT2D eigenvalue weighted by atomic mass is 16.1. The van der Waals surface area contributed by atoms with Gasteiger partial charge in [0.15, 0.2) is 0 Å². The zero-order valence-corrected chi connectivity index (χ0v) is 11.7. The maximum Gasteiger partial charge on any atom is 0.248 e. The normalized spacial score (nSPS) is 10.1. The van der Waals surface area contributed by atoms with E-state index in [0.29, 0.717) is 12.2 Å². The number of primary amides is 2. The summed E-state index contributed by atoms with van der Waals surface area (Å²) >= 11 is 0. The standard InChI is InChI=1S/C16H17N3O2/c1-10-4-2-3-5-11(10)9-19-14-7-12(15(17)20)6-13(8-14)16(18)21/h2-8,19H,9H2,1H3,(H2,17,20)(H2,18,21). The molecule has 0 aromatic heterocycles. The first-order valence-corrected chi connectivity index (χ1v) is 6.50. The van der Waals surface area contributed by atoms with Crippen molar-refractivity contribution in [1.82, 2.24) is 0 Å². The number of hydrogen-bond acceptors (Lipinski definition) is 3. The van der Waals surface area contributed by atoms with Crippen molar-refractivity contribution < 1.29 is 9.59 Å². The smallest absolute Gasteiger partial charge is 0.248 e. The van der Waals surface area contributed by atoms with Crippen molar-refractivity contribution in [3.63, 3.8) is 0 Å². The maximum atomic E-state index is 11.3. The Morgan fingerprint density at radius 3 is 2.10 bits per heavy atom. The number of rotatable bonds is 5. The van der Waals surface area contributed by atoms with E-state index < -0.39 is 11.8 Å². The zero-order valence-electron chi connectivity index (χ0n) is 11.7. The van der Waals surface area contributed by atoms with Crippen LogP contribution in [0.15, 0.2) is 42.5 Å². The van der Waals surface area contributed by atoms with Crippen molar-refractivity contribution in [2.24, 2.45) is 11.5 Å². The molecule has 0 aliphatic rings. The van der Waals surface area contributed by atoms with Crippen LogP contribution in [0.1, 0.15) is 31.8 Å². The third-order valence-corrected chi connectivity index (χ3v) is 3.25. The van der Waals surface area contributed by atoms with Crippen molar-refractivity contribution in [1.29, 1.82) is 0 Å². The summed E-state index contributed by atoms with van der Waals surface area (Å²) in [5.41, 5.74) is 13.9. The molecule has 0 fully saturated rings. The van der Waals surface area contributed by atoms with E-state index in [1.807, 2.05) is 31.2 Å². The van der Waals surface area contributed by atoms with Crippen molar-refractivity contribution in [3.05, 3.63) is 64.7 Å². The van der Waals surface area contributed by atoms with E-state index in [4.69, 9.17) is 11.5 Å². The molecule has 108 valence electrons. The first kappa shape index (κ1) is 14.6. The number of carbonyl (C=O) groups is 2. The number of nitrogens with one attached hydrogen (secondary N) is 1. The van der Waals surface area contributed by atoms with Gasteiger partial charge in [-0.1, -0.05) is 24.3 Å². The summed E-state index contributed by atoms with van der Waals surface area (Å²) in [5, 5.41) is 3.18. The Bertz CT molecular complexity index is 663. The van der Waals surface area contributed by atoms with Crippen molar-refractivity contribution >= 4 is 17.5 Å². The molecule has 2 amide bonds. The lowest BCUT2D eigenvalue weighted by molar-refractivity contribution is 0.0999. The summed E-state index contributed by atoms with van der Waals surface area (Å²) in [6.07, 6.45) is 0. The number of nitrogens with two attached hydrogens (primary N) is 2. The number of aryl methyl sites for hydroxylation is 1. The van der Waals surface area contributed by atoms with Crippen molar-refractivity contribution in [2.45, 2.75) is 13.5 Å². The maximum absolute atomic E-state index is 11.3. The lowest BCUT2D eigenvalue weighted by Crippen LogP contribution is -2.16. The van der Waals surface area contributed by atoms with Crippen LogP contribution in [-0.4, -0.2) is 11.8 Å². The van der Waals surface area contributed by atoms with Crippen LogP contribution in [0.2, 0.25) is 0 Å². The Morgan fingerprint density at radius 1 is 1.00 bits per heavy atom. The summed E-state index contributed by atoms with van der Waals surface area (Å²) in [6.45, 7) is 2.60. The fourth-order valence-electron chi connectivity index (χ4n) is 2.02. The van der Waals surface area contributed by atoms with Gasteiger partial charge < -0.3 is 16.8 Å². The second kappa shape index (κ2) is 6.09. The van der Waals surface area contributed by atoms with Gasteiger partial charge in [-0.3, -0.25) is 9.59 Å². The van der Waals surface area contributed by atoms with Crippen LogP contribution in [0.4, 0.5) is 5.69 Å². The topological polar surface area (TPSA) is 98.2 Å². The first-order valence-electron chi connectivity index (χ1n) is 6.50. The molecule has 0 saturated heterocycles. The molecule has 2 aromatic carbocycles. The highest BCUT2D eigenvalue weighted by molar-refractivity contribution is 5.99. The van der Waals surface area contributed by atoms with Gasteiger partial charge in [-0.05, 0) is 36.2 Å². The lowest BCUT2D eigenvalue weighted by Gasteiger charge is -2.11. The van der Waals surface area contributed by atoms with Crippen LogP contribution in [0.5, 0.6) is 0 Å². The van der Waals surface area contributed by atoms with E-state index in [9.17, 15) is 9.59 Å². The summed E-state index contributed by atoms with van der Waals surface area (Å²) in [6, 6.07) is 12.6. The average Bonchev–Trinajstić information content (AvgIpc) is 2.46. The van der Waals surface area contributed by atoms with Crippen LogP contribution in [-0.2, 0) is 6.54 Å². The molecule has 0 radical (unpaired) electrons. The molecule has 0 bridgehead atoms. The van der Waals surface area contributed by atoms with E-state index in [0.717, 1.165) is 11.1 Å². The Labute approximate surface area is 123 Å². The van der Waals surface area contributed by atoms with Gasteiger partial charge in [0, 0.05) is 23.4 Å². The lowest BCUT2D eigenvalue weighted by atomic mass is 10.1. The van der Waals surface area contributed by atoms with Gasteiger partial charge in [-0.25, -0.2) is 0 Å². The average molecular weight is 283 g/mol. The zero-order chi connectivity index (χ0) is 15.4. The largest absolute Gasteiger partial charge is 0.381 e. The SMILES string of the molecule is Cc1ccccc1CNc1cc(C(N)=O)cc(C(N)=O)c1. The van der Waals surface area contributed by atoms with E-state index >= 15 is 0 Å². The number of carbonyl (C=O) groups excluding carboxylic acids is 2. The Kier molecular flexibility index (Phi) is 4.23. The Hall–Kier alpha value is -2.82. The highest BCUT2D eigenvalue weighted by Gasteiger charge is 2.09. The van der Waals surface area contributed by atoms with Crippen molar-refractivity contribution in [2.75, 3.05) is 5.32 Å². The molecule has 5 N–H and O–H groups in total. The van der Waals surface area contributed by atoms with Crippen LogP contribution < -0.4 is 16.8 Å². The highest BCUT2D eigenvalue weighted by Crippen LogP contribution is 2.17. The molecular formula is C16H17N3O2. The predicted octanol–water partition coefficient (Wildman–Crippen LogP) is 1.80. The minimum atomic E-state index is -0.600. The number of hydrogen-bond donors (Lipinski definition) is 3. The molecular weight excluding hydrogens is 266 g/mol. The Balaban J connectivity index is 2.25.